The van der Waals surface area contributed by atoms with Gasteiger partial charge in [-0.05, 0) is 62.8 Å². The molecule has 6 heteroatoms. The molecule has 1 saturated carbocycles. The third-order valence-electron chi connectivity index (χ3n) is 5.27. The summed E-state index contributed by atoms with van der Waals surface area (Å²) in [6.45, 7) is 1.77. The minimum atomic E-state index is -1.41. The highest BCUT2D eigenvalue weighted by molar-refractivity contribution is 5.93. The molecule has 1 aliphatic carbocycles. The highest BCUT2D eigenvalue weighted by atomic mass is 16.6. The van der Waals surface area contributed by atoms with Crippen molar-refractivity contribution in [3.63, 3.8) is 0 Å². The summed E-state index contributed by atoms with van der Waals surface area (Å²) in [6.07, 6.45) is 7.45. The zero-order valence-electron chi connectivity index (χ0n) is 15.2. The number of hydrogen-bond donors (Lipinski definition) is 2. The molecule has 0 radical (unpaired) electrons. The minimum absolute atomic E-state index is 0.380. The van der Waals surface area contributed by atoms with Crippen molar-refractivity contribution in [2.75, 3.05) is 29.9 Å². The summed E-state index contributed by atoms with van der Waals surface area (Å²) >= 11 is 0. The molecule has 0 unspecified atom stereocenters. The Hall–Kier alpha value is -2.08. The van der Waals surface area contributed by atoms with Crippen LogP contribution in [0.4, 0.5) is 11.4 Å². The summed E-state index contributed by atoms with van der Waals surface area (Å²) in [5.41, 5.74) is 0.429. The van der Waals surface area contributed by atoms with Crippen LogP contribution in [0.5, 0.6) is 0 Å². The molecule has 3 rings (SSSR count). The molecule has 26 heavy (non-hydrogen) atoms. The van der Waals surface area contributed by atoms with Gasteiger partial charge < -0.3 is 20.1 Å². The fourth-order valence-corrected chi connectivity index (χ4v) is 3.71. The van der Waals surface area contributed by atoms with Crippen LogP contribution in [0.1, 0.15) is 51.4 Å². The SMILES string of the molecule is O=C(COC(=O)C1(O)CCCC1)Nc1ccc(N2CCCCCC2)cc1. The number of nitrogens with one attached hydrogen (secondary N) is 1. The lowest BCUT2D eigenvalue weighted by atomic mass is 10.0. The van der Waals surface area contributed by atoms with E-state index in [1.807, 2.05) is 24.3 Å². The maximum Gasteiger partial charge on any atom is 0.338 e. The Morgan fingerprint density at radius 2 is 1.62 bits per heavy atom. The normalized spacial score (nSPS) is 19.7. The monoisotopic (exact) mass is 360 g/mol. The van der Waals surface area contributed by atoms with Gasteiger partial charge in [0.2, 0.25) is 0 Å². The van der Waals surface area contributed by atoms with E-state index in [-0.39, 0.29) is 6.61 Å². The van der Waals surface area contributed by atoms with E-state index in [1.54, 1.807) is 0 Å². The van der Waals surface area contributed by atoms with Crippen molar-refractivity contribution >= 4 is 23.3 Å². The molecule has 142 valence electrons. The van der Waals surface area contributed by atoms with Crippen LogP contribution in [0.25, 0.3) is 0 Å². The highest BCUT2D eigenvalue weighted by Crippen LogP contribution is 2.30. The molecule has 0 bridgehead atoms. The van der Waals surface area contributed by atoms with Crippen LogP contribution in [0.15, 0.2) is 24.3 Å². The number of amides is 1. The number of ether oxygens (including phenoxy) is 1. The molecule has 2 fully saturated rings. The van der Waals surface area contributed by atoms with E-state index in [0.29, 0.717) is 18.5 Å². The Labute approximate surface area is 154 Å². The van der Waals surface area contributed by atoms with E-state index in [9.17, 15) is 14.7 Å². The number of nitrogens with zero attached hydrogens (tertiary/aromatic N) is 1. The molecular formula is C20H28N2O4. The largest absolute Gasteiger partial charge is 0.453 e. The summed E-state index contributed by atoms with van der Waals surface area (Å²) in [7, 11) is 0. The van der Waals surface area contributed by atoms with Crippen LogP contribution in [0, 0.1) is 0 Å². The number of carbonyl (C=O) groups is 2. The molecule has 2 aliphatic rings. The first kappa shape index (κ1) is 18.7. The van der Waals surface area contributed by atoms with Crippen LogP contribution in [-0.4, -0.2) is 42.3 Å². The lowest BCUT2D eigenvalue weighted by Gasteiger charge is -2.23. The zero-order chi connectivity index (χ0) is 18.4. The van der Waals surface area contributed by atoms with Gasteiger partial charge in [-0.3, -0.25) is 4.79 Å². The molecule has 1 aromatic carbocycles. The fourth-order valence-electron chi connectivity index (χ4n) is 3.71. The average molecular weight is 360 g/mol. The summed E-state index contributed by atoms with van der Waals surface area (Å²) in [6, 6.07) is 7.75. The van der Waals surface area contributed by atoms with Crippen LogP contribution >= 0.6 is 0 Å². The van der Waals surface area contributed by atoms with Gasteiger partial charge in [-0.1, -0.05) is 12.8 Å². The van der Waals surface area contributed by atoms with Crippen molar-refractivity contribution in [2.24, 2.45) is 0 Å². The van der Waals surface area contributed by atoms with Gasteiger partial charge in [-0.15, -0.1) is 0 Å². The molecule has 0 aromatic heterocycles. The molecule has 1 amide bonds. The topological polar surface area (TPSA) is 78.9 Å². The predicted octanol–water partition coefficient (Wildman–Crippen LogP) is 2.85. The fraction of sp³-hybridized carbons (Fsp3) is 0.600. The standard InChI is InChI=1S/C20H28N2O4/c23-18(15-26-19(24)20(25)11-3-4-12-20)21-16-7-9-17(10-8-16)22-13-5-1-2-6-14-22/h7-10,25H,1-6,11-15H2,(H,21,23). The Balaban J connectivity index is 1.47. The molecular weight excluding hydrogens is 332 g/mol. The minimum Gasteiger partial charge on any atom is -0.453 e. The molecule has 1 saturated heterocycles. The van der Waals surface area contributed by atoms with Crippen LogP contribution < -0.4 is 10.2 Å². The highest BCUT2D eigenvalue weighted by Gasteiger charge is 2.40. The summed E-state index contributed by atoms with van der Waals surface area (Å²) in [5.74, 6) is -1.09. The van der Waals surface area contributed by atoms with E-state index in [4.69, 9.17) is 4.74 Å². The van der Waals surface area contributed by atoms with E-state index in [1.165, 1.54) is 31.4 Å². The number of anilines is 2. The zero-order valence-corrected chi connectivity index (χ0v) is 15.2. The lowest BCUT2D eigenvalue weighted by molar-refractivity contribution is -0.166. The molecule has 6 nitrogen and oxygen atoms in total. The van der Waals surface area contributed by atoms with E-state index >= 15 is 0 Å². The number of carbonyl (C=O) groups excluding carboxylic acids is 2. The lowest BCUT2D eigenvalue weighted by Crippen LogP contribution is -2.38. The summed E-state index contributed by atoms with van der Waals surface area (Å²) < 4.78 is 4.99. The quantitative estimate of drug-likeness (QED) is 0.790. The van der Waals surface area contributed by atoms with Crippen molar-refractivity contribution < 1.29 is 19.4 Å². The number of aliphatic hydroxyl groups is 1. The van der Waals surface area contributed by atoms with Gasteiger partial charge in [0, 0.05) is 24.5 Å². The van der Waals surface area contributed by atoms with Crippen molar-refractivity contribution in [2.45, 2.75) is 57.0 Å². The number of benzene rings is 1. The van der Waals surface area contributed by atoms with Gasteiger partial charge in [0.15, 0.2) is 12.2 Å². The van der Waals surface area contributed by atoms with E-state index in [2.05, 4.69) is 10.2 Å². The first-order chi connectivity index (χ1) is 12.6. The van der Waals surface area contributed by atoms with Gasteiger partial charge in [0.25, 0.3) is 5.91 Å². The summed E-state index contributed by atoms with van der Waals surface area (Å²) in [5, 5.41) is 12.9. The Morgan fingerprint density at radius 3 is 2.23 bits per heavy atom. The van der Waals surface area contributed by atoms with Crippen LogP contribution in [0.3, 0.4) is 0 Å². The van der Waals surface area contributed by atoms with Crippen molar-refractivity contribution in [1.82, 2.24) is 0 Å². The van der Waals surface area contributed by atoms with Gasteiger partial charge in [0.05, 0.1) is 0 Å². The Kier molecular flexibility index (Phi) is 6.14. The number of rotatable bonds is 5. The second kappa shape index (κ2) is 8.54. The van der Waals surface area contributed by atoms with E-state index in [0.717, 1.165) is 25.9 Å². The maximum absolute atomic E-state index is 12.0. The molecule has 1 aliphatic heterocycles. The average Bonchev–Trinajstić information content (AvgIpc) is 2.92. The van der Waals surface area contributed by atoms with Gasteiger partial charge >= 0.3 is 5.97 Å². The second-order valence-electron chi connectivity index (χ2n) is 7.31. The molecule has 1 heterocycles. The Morgan fingerprint density at radius 1 is 1.00 bits per heavy atom. The molecule has 1 aromatic rings. The maximum atomic E-state index is 12.0. The number of esters is 1. The third-order valence-corrected chi connectivity index (χ3v) is 5.27. The first-order valence-electron chi connectivity index (χ1n) is 9.61. The molecule has 0 spiro atoms. The molecule has 2 N–H and O–H groups in total. The first-order valence-corrected chi connectivity index (χ1v) is 9.61. The third kappa shape index (κ3) is 4.75. The van der Waals surface area contributed by atoms with Gasteiger partial charge in [-0.25, -0.2) is 4.79 Å². The van der Waals surface area contributed by atoms with E-state index < -0.39 is 17.5 Å². The van der Waals surface area contributed by atoms with Gasteiger partial charge in [-0.2, -0.15) is 0 Å². The number of hydrogen-bond acceptors (Lipinski definition) is 5. The smallest absolute Gasteiger partial charge is 0.338 e. The van der Waals surface area contributed by atoms with Crippen molar-refractivity contribution in [3.8, 4) is 0 Å². The van der Waals surface area contributed by atoms with Crippen LogP contribution in [-0.2, 0) is 14.3 Å². The van der Waals surface area contributed by atoms with Crippen molar-refractivity contribution in [3.05, 3.63) is 24.3 Å². The van der Waals surface area contributed by atoms with Gasteiger partial charge in [0.1, 0.15) is 0 Å². The Bertz CT molecular complexity index is 615. The second-order valence-corrected chi connectivity index (χ2v) is 7.31. The predicted molar refractivity (Wildman–Crippen MR) is 100 cm³/mol. The van der Waals surface area contributed by atoms with Crippen molar-refractivity contribution in [1.29, 1.82) is 0 Å². The summed E-state index contributed by atoms with van der Waals surface area (Å²) in [4.78, 5) is 26.3. The van der Waals surface area contributed by atoms with Crippen LogP contribution in [0.2, 0.25) is 0 Å². The molecule has 0 atom stereocenters.